The number of methoxy groups -OCH3 is 1. The number of amides is 1. The molecule has 1 heterocycles. The number of ether oxygens (including phenoxy) is 1. The molecule has 1 N–H and O–H groups in total. The van der Waals surface area contributed by atoms with Crippen LogP contribution in [-0.4, -0.2) is 18.0 Å². The van der Waals surface area contributed by atoms with Crippen LogP contribution in [0.3, 0.4) is 0 Å². The van der Waals surface area contributed by atoms with Crippen molar-refractivity contribution in [2.45, 2.75) is 26.3 Å². The number of thiazole rings is 1. The Labute approximate surface area is 162 Å². The van der Waals surface area contributed by atoms with Crippen molar-refractivity contribution in [1.29, 1.82) is 0 Å². The summed E-state index contributed by atoms with van der Waals surface area (Å²) < 4.78 is 18.6. The van der Waals surface area contributed by atoms with Gasteiger partial charge >= 0.3 is 0 Å². The molecular weight excluding hydrogens is 363 g/mol. The molecule has 0 fully saturated rings. The molecule has 0 aliphatic heterocycles. The molecule has 27 heavy (non-hydrogen) atoms. The minimum atomic E-state index is -0.296. The summed E-state index contributed by atoms with van der Waals surface area (Å²) in [5.74, 6) is 0.349. The van der Waals surface area contributed by atoms with Crippen LogP contribution in [0.1, 0.15) is 28.4 Å². The zero-order valence-electron chi connectivity index (χ0n) is 15.5. The summed E-state index contributed by atoms with van der Waals surface area (Å²) in [7, 11) is 1.61. The predicted molar refractivity (Wildman–Crippen MR) is 106 cm³/mol. The van der Waals surface area contributed by atoms with Crippen LogP contribution in [0, 0.1) is 12.7 Å². The van der Waals surface area contributed by atoms with Gasteiger partial charge < -0.3 is 10.1 Å². The van der Waals surface area contributed by atoms with Crippen LogP contribution in [0.2, 0.25) is 0 Å². The maximum absolute atomic E-state index is 13.2. The second-order valence-corrected chi connectivity index (χ2v) is 7.51. The summed E-state index contributed by atoms with van der Waals surface area (Å²) in [6.45, 7) is 3.82. The number of carbonyl (C=O) groups is 1. The standard InChI is InChI=1S/C21H21FN2O2S/c1-13(17-6-4-5-7-18(17)26-3)23-20(25)12-19-21(24-14(2)27-19)15-8-10-16(22)11-9-15/h4-11,13H,12H2,1-3H3,(H,23,25). The first-order valence-corrected chi connectivity index (χ1v) is 9.44. The van der Waals surface area contributed by atoms with Gasteiger partial charge in [0.25, 0.3) is 0 Å². The van der Waals surface area contributed by atoms with Crippen molar-refractivity contribution in [3.05, 3.63) is 69.8 Å². The third kappa shape index (κ3) is 4.52. The molecule has 0 aliphatic rings. The van der Waals surface area contributed by atoms with Crippen LogP contribution >= 0.6 is 11.3 Å². The number of hydrogen-bond donors (Lipinski definition) is 1. The first-order valence-electron chi connectivity index (χ1n) is 8.62. The molecule has 2 aromatic carbocycles. The number of aromatic nitrogens is 1. The molecule has 0 aliphatic carbocycles. The lowest BCUT2D eigenvalue weighted by Crippen LogP contribution is -2.28. The van der Waals surface area contributed by atoms with Gasteiger partial charge in [0, 0.05) is 16.0 Å². The van der Waals surface area contributed by atoms with Crippen LogP contribution in [0.15, 0.2) is 48.5 Å². The Balaban J connectivity index is 1.76. The second kappa shape index (κ2) is 8.31. The van der Waals surface area contributed by atoms with Gasteiger partial charge in [0.05, 0.1) is 30.3 Å². The lowest BCUT2D eigenvalue weighted by atomic mass is 10.1. The molecule has 3 rings (SSSR count). The van der Waals surface area contributed by atoms with E-state index in [0.29, 0.717) is 0 Å². The summed E-state index contributed by atoms with van der Waals surface area (Å²) in [6.07, 6.45) is 0.220. The van der Waals surface area contributed by atoms with E-state index in [4.69, 9.17) is 4.74 Å². The Kier molecular flexibility index (Phi) is 5.86. The SMILES string of the molecule is COc1ccccc1C(C)NC(=O)Cc1sc(C)nc1-c1ccc(F)cc1. The lowest BCUT2D eigenvalue weighted by molar-refractivity contribution is -0.121. The molecule has 0 saturated carbocycles. The van der Waals surface area contributed by atoms with Crippen molar-refractivity contribution < 1.29 is 13.9 Å². The van der Waals surface area contributed by atoms with E-state index in [1.165, 1.54) is 23.5 Å². The Morgan fingerprint density at radius 3 is 2.63 bits per heavy atom. The number of carbonyl (C=O) groups excluding carboxylic acids is 1. The van der Waals surface area contributed by atoms with Crippen LogP contribution in [-0.2, 0) is 11.2 Å². The van der Waals surface area contributed by atoms with Crippen molar-refractivity contribution in [3.63, 3.8) is 0 Å². The fourth-order valence-corrected chi connectivity index (χ4v) is 3.92. The van der Waals surface area contributed by atoms with Crippen molar-refractivity contribution in [3.8, 4) is 17.0 Å². The highest BCUT2D eigenvalue weighted by molar-refractivity contribution is 7.12. The van der Waals surface area contributed by atoms with E-state index in [-0.39, 0.29) is 24.2 Å². The average molecular weight is 384 g/mol. The molecule has 140 valence electrons. The molecule has 3 aromatic rings. The minimum Gasteiger partial charge on any atom is -0.496 e. The molecule has 1 atom stereocenters. The first-order chi connectivity index (χ1) is 13.0. The number of benzene rings is 2. The van der Waals surface area contributed by atoms with Crippen LogP contribution in [0.4, 0.5) is 4.39 Å². The summed E-state index contributed by atoms with van der Waals surface area (Å²) >= 11 is 1.48. The maximum Gasteiger partial charge on any atom is 0.225 e. The third-order valence-corrected chi connectivity index (χ3v) is 5.20. The van der Waals surface area contributed by atoms with E-state index in [2.05, 4.69) is 10.3 Å². The molecule has 1 aromatic heterocycles. The summed E-state index contributed by atoms with van der Waals surface area (Å²) in [4.78, 5) is 18.0. The molecule has 1 unspecified atom stereocenters. The summed E-state index contributed by atoms with van der Waals surface area (Å²) in [6, 6.07) is 13.6. The summed E-state index contributed by atoms with van der Waals surface area (Å²) in [5, 5.41) is 3.89. The molecule has 0 saturated heterocycles. The number of halogens is 1. The number of aryl methyl sites for hydroxylation is 1. The fraction of sp³-hybridized carbons (Fsp3) is 0.238. The summed E-state index contributed by atoms with van der Waals surface area (Å²) in [5.41, 5.74) is 2.46. The molecular formula is C21H21FN2O2S. The number of nitrogens with zero attached hydrogens (tertiary/aromatic N) is 1. The number of rotatable bonds is 6. The van der Waals surface area contributed by atoms with Gasteiger partial charge in [-0.25, -0.2) is 9.37 Å². The van der Waals surface area contributed by atoms with Gasteiger partial charge in [0.2, 0.25) is 5.91 Å². The monoisotopic (exact) mass is 384 g/mol. The van der Waals surface area contributed by atoms with E-state index in [1.54, 1.807) is 19.2 Å². The molecule has 0 radical (unpaired) electrons. The number of hydrogen-bond acceptors (Lipinski definition) is 4. The van der Waals surface area contributed by atoms with Gasteiger partial charge in [0.1, 0.15) is 11.6 Å². The molecule has 0 spiro atoms. The van der Waals surface area contributed by atoms with Crippen molar-refractivity contribution in [2.24, 2.45) is 0 Å². The van der Waals surface area contributed by atoms with Gasteiger partial charge in [-0.15, -0.1) is 11.3 Å². The topological polar surface area (TPSA) is 51.2 Å². The largest absolute Gasteiger partial charge is 0.496 e. The fourth-order valence-electron chi connectivity index (χ4n) is 2.96. The Hall–Kier alpha value is -2.73. The predicted octanol–water partition coefficient (Wildman–Crippen LogP) is 4.69. The highest BCUT2D eigenvalue weighted by Crippen LogP contribution is 2.29. The van der Waals surface area contributed by atoms with Gasteiger partial charge in [-0.1, -0.05) is 18.2 Å². The zero-order valence-corrected chi connectivity index (χ0v) is 16.3. The molecule has 0 bridgehead atoms. The quantitative estimate of drug-likeness (QED) is 0.671. The van der Waals surface area contributed by atoms with E-state index in [1.807, 2.05) is 38.1 Å². The highest BCUT2D eigenvalue weighted by atomic mass is 32.1. The maximum atomic E-state index is 13.2. The average Bonchev–Trinajstić information content (AvgIpc) is 3.02. The van der Waals surface area contributed by atoms with Gasteiger partial charge in [-0.2, -0.15) is 0 Å². The second-order valence-electron chi connectivity index (χ2n) is 6.22. The molecule has 6 heteroatoms. The Bertz CT molecular complexity index is 938. The van der Waals surface area contributed by atoms with E-state index < -0.39 is 0 Å². The van der Waals surface area contributed by atoms with Gasteiger partial charge in [0.15, 0.2) is 0 Å². The van der Waals surface area contributed by atoms with E-state index >= 15 is 0 Å². The number of nitrogens with one attached hydrogen (secondary N) is 1. The Morgan fingerprint density at radius 1 is 1.22 bits per heavy atom. The first kappa shape index (κ1) is 19.0. The van der Waals surface area contributed by atoms with Crippen LogP contribution in [0.25, 0.3) is 11.3 Å². The smallest absolute Gasteiger partial charge is 0.225 e. The van der Waals surface area contributed by atoms with E-state index in [0.717, 1.165) is 32.5 Å². The normalized spacial score (nSPS) is 11.9. The zero-order chi connectivity index (χ0) is 19.4. The third-order valence-electron chi connectivity index (χ3n) is 4.23. The van der Waals surface area contributed by atoms with Crippen LogP contribution < -0.4 is 10.1 Å². The van der Waals surface area contributed by atoms with Gasteiger partial charge in [-0.05, 0) is 44.2 Å². The van der Waals surface area contributed by atoms with Crippen molar-refractivity contribution >= 4 is 17.2 Å². The van der Waals surface area contributed by atoms with Gasteiger partial charge in [-0.3, -0.25) is 4.79 Å². The van der Waals surface area contributed by atoms with Crippen LogP contribution in [0.5, 0.6) is 5.75 Å². The molecule has 4 nitrogen and oxygen atoms in total. The van der Waals surface area contributed by atoms with Crippen molar-refractivity contribution in [2.75, 3.05) is 7.11 Å². The minimum absolute atomic E-state index is 0.0968. The Morgan fingerprint density at radius 2 is 1.93 bits per heavy atom. The van der Waals surface area contributed by atoms with E-state index in [9.17, 15) is 9.18 Å². The molecule has 1 amide bonds. The van der Waals surface area contributed by atoms with Crippen molar-refractivity contribution in [1.82, 2.24) is 10.3 Å². The number of para-hydroxylation sites is 1. The lowest BCUT2D eigenvalue weighted by Gasteiger charge is -2.17. The highest BCUT2D eigenvalue weighted by Gasteiger charge is 2.18.